The molecule has 6 nitrogen and oxygen atoms in total. The van der Waals surface area contributed by atoms with Gasteiger partial charge in [-0.25, -0.2) is 4.79 Å². The third kappa shape index (κ3) is 3.64. The molecule has 0 spiro atoms. The Balaban J connectivity index is 2.29. The highest BCUT2D eigenvalue weighted by atomic mass is 16.5. The van der Waals surface area contributed by atoms with Gasteiger partial charge in [0.2, 0.25) is 0 Å². The summed E-state index contributed by atoms with van der Waals surface area (Å²) in [5.74, 6) is -1.64. The lowest BCUT2D eigenvalue weighted by atomic mass is 10.2. The Morgan fingerprint density at radius 3 is 2.69 bits per heavy atom. The normalized spacial score (nSPS) is 10.0. The molecular formula is C10H13NO5. The van der Waals surface area contributed by atoms with Crippen molar-refractivity contribution in [3.05, 3.63) is 18.0 Å². The van der Waals surface area contributed by atoms with Crippen LogP contribution in [-0.2, 0) is 4.79 Å². The van der Waals surface area contributed by atoms with Crippen molar-refractivity contribution >= 4 is 11.9 Å². The minimum Gasteiger partial charge on any atom is -0.491 e. The van der Waals surface area contributed by atoms with Gasteiger partial charge in [0, 0.05) is 12.6 Å². The van der Waals surface area contributed by atoms with Crippen LogP contribution in [0.25, 0.3) is 0 Å². The van der Waals surface area contributed by atoms with Crippen LogP contribution in [0.2, 0.25) is 0 Å². The molecule has 0 saturated heterocycles. The maximum absolute atomic E-state index is 10.7. The first-order chi connectivity index (χ1) is 7.61. The lowest BCUT2D eigenvalue weighted by Gasteiger charge is -2.04. The maximum atomic E-state index is 10.7. The van der Waals surface area contributed by atoms with Gasteiger partial charge in [-0.3, -0.25) is 4.79 Å². The van der Waals surface area contributed by atoms with Crippen molar-refractivity contribution in [1.82, 2.24) is 4.98 Å². The van der Waals surface area contributed by atoms with Crippen molar-refractivity contribution in [1.29, 1.82) is 0 Å². The molecule has 3 N–H and O–H groups in total. The van der Waals surface area contributed by atoms with Gasteiger partial charge in [0.25, 0.3) is 0 Å². The molecule has 1 aromatic rings. The van der Waals surface area contributed by atoms with E-state index in [9.17, 15) is 9.59 Å². The van der Waals surface area contributed by atoms with Crippen LogP contribution in [0, 0.1) is 0 Å². The SMILES string of the molecule is O=C(O)CCCCOc1cc[nH]c1C(=O)O. The molecule has 0 aliphatic carbocycles. The number of carbonyl (C=O) groups is 2. The van der Waals surface area contributed by atoms with E-state index in [0.29, 0.717) is 19.4 Å². The summed E-state index contributed by atoms with van der Waals surface area (Å²) in [4.78, 5) is 23.4. The number of carboxylic acid groups (broad SMARTS) is 2. The summed E-state index contributed by atoms with van der Waals surface area (Å²) in [7, 11) is 0. The molecule has 0 aliphatic rings. The largest absolute Gasteiger partial charge is 0.491 e. The molecule has 0 atom stereocenters. The quantitative estimate of drug-likeness (QED) is 0.610. The molecule has 0 amide bonds. The molecule has 0 bridgehead atoms. The van der Waals surface area contributed by atoms with Crippen molar-refractivity contribution < 1.29 is 24.5 Å². The van der Waals surface area contributed by atoms with Crippen LogP contribution in [0.3, 0.4) is 0 Å². The van der Waals surface area contributed by atoms with Crippen LogP contribution >= 0.6 is 0 Å². The van der Waals surface area contributed by atoms with Crippen molar-refractivity contribution in [3.8, 4) is 5.75 Å². The average molecular weight is 227 g/mol. The molecule has 1 rings (SSSR count). The van der Waals surface area contributed by atoms with Crippen molar-refractivity contribution in [2.24, 2.45) is 0 Å². The highest BCUT2D eigenvalue weighted by Crippen LogP contribution is 2.16. The first-order valence-electron chi connectivity index (χ1n) is 4.86. The summed E-state index contributed by atoms with van der Waals surface area (Å²) >= 11 is 0. The van der Waals surface area contributed by atoms with Crippen LogP contribution in [0.5, 0.6) is 5.75 Å². The molecule has 16 heavy (non-hydrogen) atoms. The zero-order valence-corrected chi connectivity index (χ0v) is 8.60. The van der Waals surface area contributed by atoms with Gasteiger partial charge in [-0.2, -0.15) is 0 Å². The van der Waals surface area contributed by atoms with E-state index < -0.39 is 11.9 Å². The number of carboxylic acids is 2. The van der Waals surface area contributed by atoms with E-state index in [1.165, 1.54) is 12.3 Å². The second kappa shape index (κ2) is 5.79. The van der Waals surface area contributed by atoms with E-state index in [0.717, 1.165) is 0 Å². The third-order valence-electron chi connectivity index (χ3n) is 1.97. The fourth-order valence-electron chi connectivity index (χ4n) is 1.20. The molecule has 0 saturated carbocycles. The van der Waals surface area contributed by atoms with Crippen LogP contribution < -0.4 is 4.74 Å². The number of H-pyrrole nitrogens is 1. The second-order valence-corrected chi connectivity index (χ2v) is 3.22. The van der Waals surface area contributed by atoms with E-state index in [4.69, 9.17) is 14.9 Å². The number of rotatable bonds is 7. The minimum atomic E-state index is -1.08. The molecular weight excluding hydrogens is 214 g/mol. The first kappa shape index (κ1) is 12.1. The van der Waals surface area contributed by atoms with Crippen molar-refractivity contribution in [3.63, 3.8) is 0 Å². The molecule has 0 aliphatic heterocycles. The van der Waals surface area contributed by atoms with Crippen LogP contribution in [-0.4, -0.2) is 33.7 Å². The van der Waals surface area contributed by atoms with E-state index in [2.05, 4.69) is 4.98 Å². The van der Waals surface area contributed by atoms with Crippen molar-refractivity contribution in [2.45, 2.75) is 19.3 Å². The zero-order chi connectivity index (χ0) is 12.0. The van der Waals surface area contributed by atoms with Gasteiger partial charge in [0.1, 0.15) is 0 Å². The lowest BCUT2D eigenvalue weighted by Crippen LogP contribution is -2.04. The molecule has 0 aromatic carbocycles. The number of unbranched alkanes of at least 4 members (excludes halogenated alkanes) is 1. The van der Waals surface area contributed by atoms with Gasteiger partial charge >= 0.3 is 11.9 Å². The predicted octanol–water partition coefficient (Wildman–Crippen LogP) is 1.35. The maximum Gasteiger partial charge on any atom is 0.356 e. The number of aromatic nitrogens is 1. The summed E-state index contributed by atoms with van der Waals surface area (Å²) in [5.41, 5.74) is 0.0123. The Kier molecular flexibility index (Phi) is 4.38. The number of nitrogens with one attached hydrogen (secondary N) is 1. The highest BCUT2D eigenvalue weighted by molar-refractivity contribution is 5.88. The Labute approximate surface area is 91.9 Å². The van der Waals surface area contributed by atoms with Gasteiger partial charge < -0.3 is 19.9 Å². The van der Waals surface area contributed by atoms with Crippen LogP contribution in [0.4, 0.5) is 0 Å². The summed E-state index contributed by atoms with van der Waals surface area (Å²) < 4.78 is 5.22. The molecule has 0 fully saturated rings. The van der Waals surface area contributed by atoms with Crippen LogP contribution in [0.1, 0.15) is 29.8 Å². The molecule has 0 unspecified atom stereocenters. The molecule has 1 aromatic heterocycles. The molecule has 0 radical (unpaired) electrons. The highest BCUT2D eigenvalue weighted by Gasteiger charge is 2.11. The first-order valence-corrected chi connectivity index (χ1v) is 4.86. The van der Waals surface area contributed by atoms with E-state index in [1.54, 1.807) is 0 Å². The van der Waals surface area contributed by atoms with E-state index in [1.807, 2.05) is 0 Å². The smallest absolute Gasteiger partial charge is 0.356 e. The van der Waals surface area contributed by atoms with E-state index >= 15 is 0 Å². The summed E-state index contributed by atoms with van der Waals surface area (Å²) in [6.45, 7) is 0.311. The fraction of sp³-hybridized carbons (Fsp3) is 0.400. The number of ether oxygens (including phenoxy) is 1. The fourth-order valence-corrected chi connectivity index (χ4v) is 1.20. The van der Waals surface area contributed by atoms with Gasteiger partial charge in [0.15, 0.2) is 11.4 Å². The predicted molar refractivity (Wildman–Crippen MR) is 54.7 cm³/mol. The number of aromatic carboxylic acids is 1. The Hall–Kier alpha value is -1.98. The number of aromatic amines is 1. The monoisotopic (exact) mass is 227 g/mol. The molecule has 6 heteroatoms. The third-order valence-corrected chi connectivity index (χ3v) is 1.97. The average Bonchev–Trinajstić information content (AvgIpc) is 2.65. The van der Waals surface area contributed by atoms with Crippen molar-refractivity contribution in [2.75, 3.05) is 6.61 Å². The number of hydrogen-bond acceptors (Lipinski definition) is 3. The standard InChI is InChI=1S/C10H13NO5/c12-8(13)3-1-2-6-16-7-4-5-11-9(7)10(14)15/h4-5,11H,1-3,6H2,(H,12,13)(H,14,15). The Morgan fingerprint density at radius 2 is 2.06 bits per heavy atom. The van der Waals surface area contributed by atoms with Crippen LogP contribution in [0.15, 0.2) is 12.3 Å². The van der Waals surface area contributed by atoms with E-state index in [-0.39, 0.29) is 17.9 Å². The summed E-state index contributed by atoms with van der Waals surface area (Å²) in [5, 5.41) is 17.1. The Morgan fingerprint density at radius 1 is 1.31 bits per heavy atom. The lowest BCUT2D eigenvalue weighted by molar-refractivity contribution is -0.137. The Bertz CT molecular complexity index is 371. The topological polar surface area (TPSA) is 99.6 Å². The molecule has 88 valence electrons. The minimum absolute atomic E-state index is 0.0123. The molecule has 1 heterocycles. The number of aliphatic carboxylic acids is 1. The van der Waals surface area contributed by atoms with Gasteiger partial charge in [-0.15, -0.1) is 0 Å². The van der Waals surface area contributed by atoms with Gasteiger partial charge in [0.05, 0.1) is 6.61 Å². The number of hydrogen-bond donors (Lipinski definition) is 3. The van der Waals surface area contributed by atoms with Gasteiger partial charge in [-0.1, -0.05) is 0 Å². The summed E-state index contributed by atoms with van der Waals surface area (Å²) in [6, 6.07) is 1.53. The zero-order valence-electron chi connectivity index (χ0n) is 8.60. The van der Waals surface area contributed by atoms with Gasteiger partial charge in [-0.05, 0) is 18.9 Å². The summed E-state index contributed by atoms with van der Waals surface area (Å²) in [6.07, 6.45) is 2.68. The second-order valence-electron chi connectivity index (χ2n) is 3.22.